The summed E-state index contributed by atoms with van der Waals surface area (Å²) in [6.07, 6.45) is 6.34. The van der Waals surface area contributed by atoms with Crippen molar-refractivity contribution in [3.05, 3.63) is 36.7 Å². The number of anilines is 1. The molecule has 0 spiro atoms. The van der Waals surface area contributed by atoms with Crippen molar-refractivity contribution >= 4 is 16.5 Å². The number of nitrogens with one attached hydrogen (secondary N) is 2. The second-order valence-electron chi connectivity index (χ2n) is 4.58. The van der Waals surface area contributed by atoms with Crippen LogP contribution in [-0.4, -0.2) is 24.1 Å². The highest BCUT2D eigenvalue weighted by molar-refractivity contribution is 5.93. The van der Waals surface area contributed by atoms with Crippen LogP contribution in [0.2, 0.25) is 0 Å². The van der Waals surface area contributed by atoms with Crippen molar-refractivity contribution in [1.82, 2.24) is 10.3 Å². The molecule has 1 aliphatic heterocycles. The number of nitrogens with zero attached hydrogens (tertiary/aromatic N) is 1. The Balaban J connectivity index is 1.79. The van der Waals surface area contributed by atoms with E-state index in [1.54, 1.807) is 0 Å². The predicted octanol–water partition coefficient (Wildman–Crippen LogP) is 2.40. The van der Waals surface area contributed by atoms with Crippen molar-refractivity contribution in [2.75, 3.05) is 18.4 Å². The highest BCUT2D eigenvalue weighted by atomic mass is 15.0. The lowest BCUT2D eigenvalue weighted by molar-refractivity contribution is 0.634. The molecule has 1 aromatic heterocycles. The van der Waals surface area contributed by atoms with Gasteiger partial charge in [-0.05, 0) is 36.9 Å². The number of hydrogen-bond acceptors (Lipinski definition) is 3. The predicted molar refractivity (Wildman–Crippen MR) is 71.3 cm³/mol. The van der Waals surface area contributed by atoms with Gasteiger partial charge in [0.2, 0.25) is 0 Å². The minimum absolute atomic E-state index is 0.613. The monoisotopic (exact) mass is 227 g/mol. The van der Waals surface area contributed by atoms with E-state index in [0.717, 1.165) is 13.1 Å². The topological polar surface area (TPSA) is 37.0 Å². The van der Waals surface area contributed by atoms with Crippen LogP contribution in [0.25, 0.3) is 10.8 Å². The molecule has 2 heterocycles. The van der Waals surface area contributed by atoms with Crippen LogP contribution < -0.4 is 10.6 Å². The van der Waals surface area contributed by atoms with Gasteiger partial charge in [0.1, 0.15) is 0 Å². The van der Waals surface area contributed by atoms with E-state index in [1.807, 2.05) is 18.5 Å². The summed E-state index contributed by atoms with van der Waals surface area (Å²) in [5.74, 6) is 0. The molecule has 88 valence electrons. The van der Waals surface area contributed by atoms with Gasteiger partial charge in [-0.3, -0.25) is 4.98 Å². The van der Waals surface area contributed by atoms with Gasteiger partial charge in [0, 0.05) is 36.1 Å². The maximum atomic E-state index is 4.20. The minimum Gasteiger partial charge on any atom is -0.383 e. The van der Waals surface area contributed by atoms with E-state index in [4.69, 9.17) is 0 Å². The van der Waals surface area contributed by atoms with E-state index in [2.05, 4.69) is 33.8 Å². The van der Waals surface area contributed by atoms with Crippen LogP contribution in [-0.2, 0) is 0 Å². The molecule has 1 atom stereocenters. The highest BCUT2D eigenvalue weighted by Gasteiger charge is 2.13. The van der Waals surface area contributed by atoms with Gasteiger partial charge in [-0.2, -0.15) is 0 Å². The number of fused-ring (bicyclic) bond motifs is 1. The molecule has 17 heavy (non-hydrogen) atoms. The SMILES string of the molecule is c1cc(NCC2CCCN2)c2cnccc2c1. The van der Waals surface area contributed by atoms with Gasteiger partial charge >= 0.3 is 0 Å². The summed E-state index contributed by atoms with van der Waals surface area (Å²) in [7, 11) is 0. The lowest BCUT2D eigenvalue weighted by Crippen LogP contribution is -2.29. The van der Waals surface area contributed by atoms with Gasteiger partial charge in [-0.1, -0.05) is 12.1 Å². The van der Waals surface area contributed by atoms with Crippen LogP contribution in [0, 0.1) is 0 Å². The van der Waals surface area contributed by atoms with E-state index in [0.29, 0.717) is 6.04 Å². The molecule has 1 unspecified atom stereocenters. The van der Waals surface area contributed by atoms with Crippen LogP contribution in [0.1, 0.15) is 12.8 Å². The average Bonchev–Trinajstić information content (AvgIpc) is 2.89. The Labute approximate surface area is 101 Å². The Morgan fingerprint density at radius 2 is 2.35 bits per heavy atom. The minimum atomic E-state index is 0.613. The standard InChI is InChI=1S/C14H17N3/c1-3-11-6-8-15-10-13(11)14(5-1)17-9-12-4-2-7-16-12/h1,3,5-6,8,10,12,16-17H,2,4,7,9H2. The van der Waals surface area contributed by atoms with E-state index in [9.17, 15) is 0 Å². The largest absolute Gasteiger partial charge is 0.383 e. The fourth-order valence-corrected chi connectivity index (χ4v) is 2.43. The first-order valence-electron chi connectivity index (χ1n) is 6.23. The van der Waals surface area contributed by atoms with Crippen LogP contribution in [0.3, 0.4) is 0 Å². The molecular weight excluding hydrogens is 210 g/mol. The van der Waals surface area contributed by atoms with Gasteiger partial charge < -0.3 is 10.6 Å². The van der Waals surface area contributed by atoms with Crippen molar-refractivity contribution in [2.45, 2.75) is 18.9 Å². The van der Waals surface area contributed by atoms with Crippen molar-refractivity contribution in [1.29, 1.82) is 0 Å². The Kier molecular flexibility index (Phi) is 2.92. The second-order valence-corrected chi connectivity index (χ2v) is 4.58. The zero-order chi connectivity index (χ0) is 11.5. The van der Waals surface area contributed by atoms with Crippen LogP contribution >= 0.6 is 0 Å². The summed E-state index contributed by atoms with van der Waals surface area (Å²) in [6.45, 7) is 2.15. The molecule has 0 amide bonds. The number of aromatic nitrogens is 1. The van der Waals surface area contributed by atoms with E-state index >= 15 is 0 Å². The molecule has 1 aliphatic rings. The molecule has 0 radical (unpaired) electrons. The zero-order valence-corrected chi connectivity index (χ0v) is 9.82. The Morgan fingerprint density at radius 1 is 1.35 bits per heavy atom. The Bertz CT molecular complexity index is 498. The fraction of sp³-hybridized carbons (Fsp3) is 0.357. The maximum absolute atomic E-state index is 4.20. The lowest BCUT2D eigenvalue weighted by atomic mass is 10.1. The summed E-state index contributed by atoms with van der Waals surface area (Å²) in [5, 5.41) is 9.47. The molecule has 0 aliphatic carbocycles. The molecule has 3 heteroatoms. The third kappa shape index (κ3) is 2.24. The average molecular weight is 227 g/mol. The Morgan fingerprint density at radius 3 is 3.24 bits per heavy atom. The normalized spacial score (nSPS) is 19.6. The van der Waals surface area contributed by atoms with Crippen molar-refractivity contribution in [2.24, 2.45) is 0 Å². The quantitative estimate of drug-likeness (QED) is 0.845. The van der Waals surface area contributed by atoms with Crippen LogP contribution in [0.15, 0.2) is 36.7 Å². The van der Waals surface area contributed by atoms with Crippen molar-refractivity contribution in [3.63, 3.8) is 0 Å². The van der Waals surface area contributed by atoms with E-state index in [-0.39, 0.29) is 0 Å². The molecule has 3 rings (SSSR count). The summed E-state index contributed by atoms with van der Waals surface area (Å²) in [6, 6.07) is 9.00. The fourth-order valence-electron chi connectivity index (χ4n) is 2.43. The second kappa shape index (κ2) is 4.72. The third-order valence-electron chi connectivity index (χ3n) is 3.38. The van der Waals surface area contributed by atoms with E-state index in [1.165, 1.54) is 29.3 Å². The number of benzene rings is 1. The van der Waals surface area contributed by atoms with Crippen LogP contribution in [0.4, 0.5) is 5.69 Å². The first kappa shape index (κ1) is 10.5. The number of pyridine rings is 1. The number of hydrogen-bond donors (Lipinski definition) is 2. The summed E-state index contributed by atoms with van der Waals surface area (Å²) in [5.41, 5.74) is 1.18. The van der Waals surface area contributed by atoms with Gasteiger partial charge in [0.25, 0.3) is 0 Å². The molecule has 1 fully saturated rings. The summed E-state index contributed by atoms with van der Waals surface area (Å²) < 4.78 is 0. The molecule has 3 nitrogen and oxygen atoms in total. The molecular formula is C14H17N3. The molecule has 0 bridgehead atoms. The van der Waals surface area contributed by atoms with Crippen molar-refractivity contribution in [3.8, 4) is 0 Å². The first-order chi connectivity index (χ1) is 8.43. The summed E-state index contributed by atoms with van der Waals surface area (Å²) in [4.78, 5) is 4.20. The molecule has 2 N–H and O–H groups in total. The van der Waals surface area contributed by atoms with Gasteiger partial charge in [0.15, 0.2) is 0 Å². The highest BCUT2D eigenvalue weighted by Crippen LogP contribution is 2.22. The smallest absolute Gasteiger partial charge is 0.0436 e. The van der Waals surface area contributed by atoms with Crippen molar-refractivity contribution < 1.29 is 0 Å². The number of rotatable bonds is 3. The maximum Gasteiger partial charge on any atom is 0.0436 e. The molecule has 2 aromatic rings. The van der Waals surface area contributed by atoms with Gasteiger partial charge in [-0.15, -0.1) is 0 Å². The van der Waals surface area contributed by atoms with E-state index < -0.39 is 0 Å². The van der Waals surface area contributed by atoms with Crippen LogP contribution in [0.5, 0.6) is 0 Å². The summed E-state index contributed by atoms with van der Waals surface area (Å²) >= 11 is 0. The molecule has 0 saturated carbocycles. The van der Waals surface area contributed by atoms with Gasteiger partial charge in [-0.25, -0.2) is 0 Å². The Hall–Kier alpha value is -1.61. The first-order valence-corrected chi connectivity index (χ1v) is 6.23. The zero-order valence-electron chi connectivity index (χ0n) is 9.82. The van der Waals surface area contributed by atoms with Gasteiger partial charge in [0.05, 0.1) is 0 Å². The molecule has 1 saturated heterocycles. The third-order valence-corrected chi connectivity index (χ3v) is 3.38. The lowest BCUT2D eigenvalue weighted by Gasteiger charge is -2.14. The molecule has 1 aromatic carbocycles.